The molecule has 2 heterocycles. The first-order valence-corrected chi connectivity index (χ1v) is 10.6. The van der Waals surface area contributed by atoms with Crippen LogP contribution in [0, 0.1) is 11.8 Å². The molecule has 4 N–H and O–H groups in total. The van der Waals surface area contributed by atoms with Gasteiger partial charge >= 0.3 is 5.97 Å². The van der Waals surface area contributed by atoms with Gasteiger partial charge in [-0.05, 0) is 42.3 Å². The van der Waals surface area contributed by atoms with Crippen molar-refractivity contribution in [1.29, 1.82) is 0 Å². The average molecular weight is 459 g/mol. The van der Waals surface area contributed by atoms with E-state index in [4.69, 9.17) is 5.21 Å². The second-order valence-corrected chi connectivity index (χ2v) is 7.85. The van der Waals surface area contributed by atoms with Gasteiger partial charge in [0.25, 0.3) is 11.8 Å². The van der Waals surface area contributed by atoms with Crippen LogP contribution in [0.2, 0.25) is 0 Å². The third-order valence-electron chi connectivity index (χ3n) is 5.67. The Balaban J connectivity index is 1.56. The monoisotopic (exact) mass is 459 g/mol. The molecule has 3 amide bonds. The van der Waals surface area contributed by atoms with Crippen LogP contribution >= 0.6 is 0 Å². The molecule has 34 heavy (non-hydrogen) atoms. The molecule has 0 aliphatic carbocycles. The normalized spacial score (nSPS) is 13.4. The zero-order valence-electron chi connectivity index (χ0n) is 18.0. The average Bonchev–Trinajstić information content (AvgIpc) is 3.35. The molecule has 1 atom stereocenters. The Bertz CT molecular complexity index is 1330. The number of imide groups is 1. The lowest BCUT2D eigenvalue weighted by molar-refractivity contribution is -0.141. The predicted octanol–water partition coefficient (Wildman–Crippen LogP) is 2.49. The van der Waals surface area contributed by atoms with Crippen molar-refractivity contribution in [2.24, 2.45) is 0 Å². The van der Waals surface area contributed by atoms with Crippen molar-refractivity contribution in [2.45, 2.75) is 31.7 Å². The topological polar surface area (TPSA) is 140 Å². The van der Waals surface area contributed by atoms with Crippen molar-refractivity contribution in [3.05, 3.63) is 70.9 Å². The fraction of sp³-hybridized carbons (Fsp3) is 0.200. The number of aromatic amines is 1. The number of aromatic nitrogens is 1. The third kappa shape index (κ3) is 4.40. The summed E-state index contributed by atoms with van der Waals surface area (Å²) in [6, 6.07) is 10.4. The maximum atomic E-state index is 12.8. The minimum absolute atomic E-state index is 0.0616. The summed E-state index contributed by atoms with van der Waals surface area (Å²) in [5.41, 5.74) is 4.09. The Hall–Kier alpha value is -4.42. The molecule has 0 fully saturated rings. The second-order valence-electron chi connectivity index (χ2n) is 7.85. The number of nitrogens with zero attached hydrogens (tertiary/aromatic N) is 1. The summed E-state index contributed by atoms with van der Waals surface area (Å²) in [7, 11) is 0. The number of aliphatic carboxylic acids is 1. The highest BCUT2D eigenvalue weighted by Crippen LogP contribution is 2.28. The first-order valence-electron chi connectivity index (χ1n) is 10.6. The van der Waals surface area contributed by atoms with E-state index >= 15 is 0 Å². The van der Waals surface area contributed by atoms with E-state index < -0.39 is 29.7 Å². The highest BCUT2D eigenvalue weighted by Gasteiger charge is 2.42. The lowest BCUT2D eigenvalue weighted by atomic mass is 10.0. The number of carbonyl (C=O) groups is 4. The molecule has 1 aromatic heterocycles. The van der Waals surface area contributed by atoms with Crippen LogP contribution in [0.5, 0.6) is 0 Å². The molecular formula is C25H21N3O6. The van der Waals surface area contributed by atoms with Crippen LogP contribution in [0.1, 0.15) is 51.1 Å². The van der Waals surface area contributed by atoms with E-state index in [0.29, 0.717) is 24.0 Å². The van der Waals surface area contributed by atoms with Gasteiger partial charge in [-0.25, -0.2) is 10.3 Å². The molecule has 0 saturated heterocycles. The maximum Gasteiger partial charge on any atom is 0.327 e. The van der Waals surface area contributed by atoms with E-state index in [0.717, 1.165) is 15.8 Å². The first-order chi connectivity index (χ1) is 16.4. The number of nitrogens with one attached hydrogen (secondary N) is 2. The largest absolute Gasteiger partial charge is 0.480 e. The summed E-state index contributed by atoms with van der Waals surface area (Å²) in [4.78, 5) is 52.7. The molecule has 1 aliphatic rings. The summed E-state index contributed by atoms with van der Waals surface area (Å²) in [6.07, 6.45) is 2.74. The van der Waals surface area contributed by atoms with Crippen molar-refractivity contribution in [3.8, 4) is 11.8 Å². The number of unbranched alkanes of at least 4 members (excludes halogenated alkanes) is 1. The number of carboxylic acids is 1. The molecular weight excluding hydrogens is 438 g/mol. The summed E-state index contributed by atoms with van der Waals surface area (Å²) in [5.74, 6) is 3.01. The van der Waals surface area contributed by atoms with Crippen LogP contribution in [0.15, 0.2) is 48.7 Å². The minimum atomic E-state index is -1.36. The number of carboxylic acid groups (broad SMARTS) is 1. The van der Waals surface area contributed by atoms with Crippen LogP contribution in [0.4, 0.5) is 0 Å². The highest BCUT2D eigenvalue weighted by atomic mass is 16.5. The fourth-order valence-electron chi connectivity index (χ4n) is 3.97. The number of fused-ring (bicyclic) bond motifs is 2. The van der Waals surface area contributed by atoms with E-state index in [9.17, 15) is 24.3 Å². The molecule has 2 aromatic carbocycles. The van der Waals surface area contributed by atoms with E-state index in [1.807, 2.05) is 18.2 Å². The summed E-state index contributed by atoms with van der Waals surface area (Å²) >= 11 is 0. The first kappa shape index (κ1) is 22.8. The smallest absolute Gasteiger partial charge is 0.327 e. The predicted molar refractivity (Wildman–Crippen MR) is 121 cm³/mol. The van der Waals surface area contributed by atoms with E-state index in [1.54, 1.807) is 23.8 Å². The Morgan fingerprint density at radius 2 is 1.79 bits per heavy atom. The Kier molecular flexibility index (Phi) is 6.43. The van der Waals surface area contributed by atoms with Gasteiger partial charge in [0.15, 0.2) is 0 Å². The van der Waals surface area contributed by atoms with Gasteiger partial charge in [0.1, 0.15) is 6.04 Å². The third-order valence-corrected chi connectivity index (χ3v) is 5.67. The molecule has 9 heteroatoms. The molecule has 3 aromatic rings. The summed E-state index contributed by atoms with van der Waals surface area (Å²) in [6.45, 7) is 0. The second kappa shape index (κ2) is 9.60. The van der Waals surface area contributed by atoms with Crippen LogP contribution < -0.4 is 5.48 Å². The Morgan fingerprint density at radius 3 is 2.44 bits per heavy atom. The minimum Gasteiger partial charge on any atom is -0.480 e. The van der Waals surface area contributed by atoms with Gasteiger partial charge < -0.3 is 10.1 Å². The maximum absolute atomic E-state index is 12.8. The molecule has 1 unspecified atom stereocenters. The van der Waals surface area contributed by atoms with Crippen LogP contribution in [0.25, 0.3) is 10.9 Å². The van der Waals surface area contributed by atoms with Gasteiger partial charge in [0, 0.05) is 41.9 Å². The summed E-state index contributed by atoms with van der Waals surface area (Å²) < 4.78 is 0. The van der Waals surface area contributed by atoms with Crippen molar-refractivity contribution in [2.75, 3.05) is 0 Å². The highest BCUT2D eigenvalue weighted by molar-refractivity contribution is 6.22. The van der Waals surface area contributed by atoms with Crippen molar-refractivity contribution < 1.29 is 29.5 Å². The number of amides is 3. The number of hydroxylamine groups is 1. The van der Waals surface area contributed by atoms with Crippen LogP contribution in [0.3, 0.4) is 0 Å². The van der Waals surface area contributed by atoms with Gasteiger partial charge in [-0.1, -0.05) is 24.0 Å². The Morgan fingerprint density at radius 1 is 1.09 bits per heavy atom. The standard InChI is InChI=1S/C25H21N3O6/c29-22(27-34)9-3-1-2-6-15-10-11-20-19(12-15)16(14-26-20)13-21(25(32)33)28-23(30)17-7-4-5-8-18(17)24(28)31/h4-5,7-8,10-12,14,21,26,34H,1,3,9,13H2,(H,27,29)(H,32,33). The van der Waals surface area contributed by atoms with Crippen LogP contribution in [-0.2, 0) is 16.0 Å². The van der Waals surface area contributed by atoms with Crippen LogP contribution in [-0.4, -0.2) is 49.9 Å². The van der Waals surface area contributed by atoms with Gasteiger partial charge in [0.2, 0.25) is 5.91 Å². The zero-order valence-corrected chi connectivity index (χ0v) is 18.0. The van der Waals surface area contributed by atoms with E-state index in [-0.39, 0.29) is 24.0 Å². The number of hydrogen-bond donors (Lipinski definition) is 4. The van der Waals surface area contributed by atoms with Gasteiger partial charge in [-0.3, -0.25) is 24.5 Å². The molecule has 0 radical (unpaired) electrons. The molecule has 4 rings (SSSR count). The molecule has 172 valence electrons. The number of benzene rings is 2. The SMILES string of the molecule is O=C(CCCC#Cc1ccc2[nH]cc(CC(C(=O)O)N3C(=O)c4ccccc4C3=O)c2c1)NO. The lowest BCUT2D eigenvalue weighted by Gasteiger charge is -2.22. The zero-order chi connectivity index (χ0) is 24.2. The molecule has 0 bridgehead atoms. The molecule has 9 nitrogen and oxygen atoms in total. The number of carbonyl (C=O) groups excluding carboxylic acids is 3. The van der Waals surface area contributed by atoms with E-state index in [1.165, 1.54) is 12.1 Å². The Labute approximate surface area is 194 Å². The quantitative estimate of drug-likeness (QED) is 0.141. The molecule has 0 spiro atoms. The molecule has 0 saturated carbocycles. The van der Waals surface area contributed by atoms with Gasteiger partial charge in [-0.2, -0.15) is 0 Å². The fourth-order valence-corrected chi connectivity index (χ4v) is 3.97. The number of H-pyrrole nitrogens is 1. The van der Waals surface area contributed by atoms with E-state index in [2.05, 4.69) is 16.8 Å². The number of hydrogen-bond acceptors (Lipinski definition) is 5. The number of rotatable bonds is 7. The van der Waals surface area contributed by atoms with Gasteiger partial charge in [0.05, 0.1) is 11.1 Å². The van der Waals surface area contributed by atoms with Crippen molar-refractivity contribution in [1.82, 2.24) is 15.4 Å². The summed E-state index contributed by atoms with van der Waals surface area (Å²) in [5, 5.41) is 19.1. The van der Waals surface area contributed by atoms with Crippen molar-refractivity contribution >= 4 is 34.6 Å². The van der Waals surface area contributed by atoms with Gasteiger partial charge in [-0.15, -0.1) is 0 Å². The van der Waals surface area contributed by atoms with Crippen molar-refractivity contribution in [3.63, 3.8) is 0 Å². The lowest BCUT2D eigenvalue weighted by Crippen LogP contribution is -2.46. The molecule has 1 aliphatic heterocycles.